The van der Waals surface area contributed by atoms with Gasteiger partial charge in [0.25, 0.3) is 0 Å². The molecular formula is C16H24N2O3. The summed E-state index contributed by atoms with van der Waals surface area (Å²) in [6.07, 6.45) is 0.516. The Hall–Kier alpha value is -1.88. The third-order valence-electron chi connectivity index (χ3n) is 3.23. The lowest BCUT2D eigenvalue weighted by molar-refractivity contribution is -0.137. The van der Waals surface area contributed by atoms with Crippen molar-refractivity contribution in [3.8, 4) is 0 Å². The molecule has 1 rings (SSSR count). The molecule has 21 heavy (non-hydrogen) atoms. The summed E-state index contributed by atoms with van der Waals surface area (Å²) in [6.45, 7) is 5.75. The molecule has 0 aliphatic carbocycles. The Kier molecular flexibility index (Phi) is 7.46. The van der Waals surface area contributed by atoms with Crippen LogP contribution in [0.5, 0.6) is 0 Å². The second-order valence-electron chi connectivity index (χ2n) is 5.03. The molecule has 5 nitrogen and oxygen atoms in total. The first kappa shape index (κ1) is 17.2. The number of para-hydroxylation sites is 1. The Balaban J connectivity index is 2.76. The van der Waals surface area contributed by atoms with E-state index in [1.807, 2.05) is 44.2 Å². The third kappa shape index (κ3) is 5.95. The van der Waals surface area contributed by atoms with Gasteiger partial charge >= 0.3 is 5.97 Å². The van der Waals surface area contributed by atoms with Gasteiger partial charge in [-0.15, -0.1) is 0 Å². The van der Waals surface area contributed by atoms with E-state index in [9.17, 15) is 9.59 Å². The van der Waals surface area contributed by atoms with Crippen molar-refractivity contribution in [2.45, 2.75) is 26.7 Å². The van der Waals surface area contributed by atoms with Gasteiger partial charge in [0.15, 0.2) is 0 Å². The molecule has 1 aromatic carbocycles. The topological polar surface area (TPSA) is 69.6 Å². The fourth-order valence-corrected chi connectivity index (χ4v) is 2.08. The van der Waals surface area contributed by atoms with Crippen LogP contribution in [0.4, 0.5) is 5.69 Å². The van der Waals surface area contributed by atoms with Gasteiger partial charge in [-0.2, -0.15) is 0 Å². The molecule has 1 amide bonds. The van der Waals surface area contributed by atoms with Gasteiger partial charge in [0.1, 0.15) is 0 Å². The predicted molar refractivity (Wildman–Crippen MR) is 83.4 cm³/mol. The molecule has 0 aliphatic rings. The van der Waals surface area contributed by atoms with Crippen LogP contribution in [0.1, 0.15) is 26.7 Å². The summed E-state index contributed by atoms with van der Waals surface area (Å²) < 4.78 is 0. The molecule has 0 bridgehead atoms. The molecule has 0 spiro atoms. The van der Waals surface area contributed by atoms with E-state index in [4.69, 9.17) is 5.11 Å². The molecular weight excluding hydrogens is 268 g/mol. The lowest BCUT2D eigenvalue weighted by Gasteiger charge is -2.26. The van der Waals surface area contributed by atoms with E-state index < -0.39 is 5.97 Å². The number of benzene rings is 1. The quantitative estimate of drug-likeness (QED) is 0.731. The van der Waals surface area contributed by atoms with Gasteiger partial charge in [-0.1, -0.05) is 32.0 Å². The fraction of sp³-hybridized carbons (Fsp3) is 0.500. The standard InChI is InChI=1S/C16H24N2O3/c1-3-17-12-13(2)16(21)18(11-7-10-15(19)20)14-8-5-4-6-9-14/h4-6,8-9,13,17H,3,7,10-12H2,1-2H3,(H,19,20). The zero-order valence-electron chi connectivity index (χ0n) is 12.7. The molecule has 0 fully saturated rings. The van der Waals surface area contributed by atoms with Crippen LogP contribution in [0.2, 0.25) is 0 Å². The molecule has 5 heteroatoms. The van der Waals surface area contributed by atoms with E-state index in [-0.39, 0.29) is 18.2 Å². The molecule has 1 atom stereocenters. The SMILES string of the molecule is CCNCC(C)C(=O)N(CCCC(=O)O)c1ccccc1. The van der Waals surface area contributed by atoms with Crippen LogP contribution in [0.25, 0.3) is 0 Å². The van der Waals surface area contributed by atoms with Crippen LogP contribution in [-0.2, 0) is 9.59 Å². The number of nitrogens with zero attached hydrogens (tertiary/aromatic N) is 1. The molecule has 2 N–H and O–H groups in total. The highest BCUT2D eigenvalue weighted by Crippen LogP contribution is 2.17. The Bertz CT molecular complexity index is 448. The first-order chi connectivity index (χ1) is 10.1. The first-order valence-electron chi connectivity index (χ1n) is 7.35. The van der Waals surface area contributed by atoms with Crippen molar-refractivity contribution in [2.24, 2.45) is 5.92 Å². The molecule has 0 radical (unpaired) electrons. The van der Waals surface area contributed by atoms with Crippen LogP contribution in [0, 0.1) is 5.92 Å². The minimum absolute atomic E-state index is 0.0209. The highest BCUT2D eigenvalue weighted by atomic mass is 16.4. The molecule has 0 saturated heterocycles. The second kappa shape index (κ2) is 9.13. The van der Waals surface area contributed by atoms with Crippen molar-refractivity contribution < 1.29 is 14.7 Å². The first-order valence-corrected chi connectivity index (χ1v) is 7.35. The maximum Gasteiger partial charge on any atom is 0.303 e. The highest BCUT2D eigenvalue weighted by molar-refractivity contribution is 5.95. The molecule has 116 valence electrons. The zero-order valence-corrected chi connectivity index (χ0v) is 12.7. The normalized spacial score (nSPS) is 11.9. The second-order valence-corrected chi connectivity index (χ2v) is 5.03. The number of hydrogen-bond acceptors (Lipinski definition) is 3. The smallest absolute Gasteiger partial charge is 0.303 e. The predicted octanol–water partition coefficient (Wildman–Crippen LogP) is 2.13. The molecule has 0 saturated carbocycles. The maximum atomic E-state index is 12.6. The van der Waals surface area contributed by atoms with Crippen LogP contribution in [-0.4, -0.2) is 36.6 Å². The summed E-state index contributed by atoms with van der Waals surface area (Å²) >= 11 is 0. The number of hydrogen-bond donors (Lipinski definition) is 2. The zero-order chi connectivity index (χ0) is 15.7. The molecule has 0 heterocycles. The summed E-state index contributed by atoms with van der Waals surface area (Å²) in [5, 5.41) is 11.9. The van der Waals surface area contributed by atoms with Crippen LogP contribution >= 0.6 is 0 Å². The van der Waals surface area contributed by atoms with E-state index in [0.29, 0.717) is 19.5 Å². The number of anilines is 1. The van der Waals surface area contributed by atoms with Crippen molar-refractivity contribution in [2.75, 3.05) is 24.5 Å². The van der Waals surface area contributed by atoms with Gasteiger partial charge in [0.2, 0.25) is 5.91 Å². The molecule has 1 unspecified atom stereocenters. The summed E-state index contributed by atoms with van der Waals surface area (Å²) in [4.78, 5) is 24.9. The minimum atomic E-state index is -0.837. The number of aliphatic carboxylic acids is 1. The van der Waals surface area contributed by atoms with Crippen LogP contribution in [0.3, 0.4) is 0 Å². The Morgan fingerprint density at radius 2 is 1.95 bits per heavy atom. The highest BCUT2D eigenvalue weighted by Gasteiger charge is 2.21. The summed E-state index contributed by atoms with van der Waals surface area (Å²) in [5.74, 6) is -0.960. The summed E-state index contributed by atoms with van der Waals surface area (Å²) in [7, 11) is 0. The lowest BCUT2D eigenvalue weighted by atomic mass is 10.1. The number of carboxylic acids is 1. The van der Waals surface area contributed by atoms with E-state index in [0.717, 1.165) is 12.2 Å². The van der Waals surface area contributed by atoms with E-state index in [2.05, 4.69) is 5.32 Å². The Morgan fingerprint density at radius 1 is 1.29 bits per heavy atom. The maximum absolute atomic E-state index is 12.6. The number of rotatable bonds is 9. The molecule has 0 aromatic heterocycles. The van der Waals surface area contributed by atoms with Crippen LogP contribution < -0.4 is 10.2 Å². The van der Waals surface area contributed by atoms with Crippen molar-refractivity contribution in [1.29, 1.82) is 0 Å². The molecule has 0 aliphatic heterocycles. The largest absolute Gasteiger partial charge is 0.481 e. The average molecular weight is 292 g/mol. The van der Waals surface area contributed by atoms with Gasteiger partial charge in [-0.3, -0.25) is 9.59 Å². The van der Waals surface area contributed by atoms with Gasteiger partial charge in [-0.05, 0) is 25.1 Å². The number of carboxylic acid groups (broad SMARTS) is 1. The monoisotopic (exact) mass is 292 g/mol. The number of nitrogens with one attached hydrogen (secondary N) is 1. The number of amides is 1. The van der Waals surface area contributed by atoms with Gasteiger partial charge < -0.3 is 15.3 Å². The average Bonchev–Trinajstić information content (AvgIpc) is 2.49. The number of carbonyl (C=O) groups is 2. The van der Waals surface area contributed by atoms with Crippen molar-refractivity contribution in [1.82, 2.24) is 5.32 Å². The summed E-state index contributed by atoms with van der Waals surface area (Å²) in [5.41, 5.74) is 0.816. The van der Waals surface area contributed by atoms with Gasteiger partial charge in [-0.25, -0.2) is 0 Å². The van der Waals surface area contributed by atoms with Crippen molar-refractivity contribution >= 4 is 17.6 Å². The van der Waals surface area contributed by atoms with E-state index in [1.54, 1.807) is 4.90 Å². The lowest BCUT2D eigenvalue weighted by Crippen LogP contribution is -2.40. The van der Waals surface area contributed by atoms with Crippen LogP contribution in [0.15, 0.2) is 30.3 Å². The number of carbonyl (C=O) groups excluding carboxylic acids is 1. The third-order valence-corrected chi connectivity index (χ3v) is 3.23. The molecule has 1 aromatic rings. The Labute approximate surface area is 126 Å². The summed E-state index contributed by atoms with van der Waals surface area (Å²) in [6, 6.07) is 9.40. The van der Waals surface area contributed by atoms with Gasteiger partial charge in [0, 0.05) is 31.1 Å². The minimum Gasteiger partial charge on any atom is -0.481 e. The van der Waals surface area contributed by atoms with Crippen molar-refractivity contribution in [3.05, 3.63) is 30.3 Å². The van der Waals surface area contributed by atoms with Gasteiger partial charge in [0.05, 0.1) is 0 Å². The fourth-order valence-electron chi connectivity index (χ4n) is 2.08. The Morgan fingerprint density at radius 3 is 2.52 bits per heavy atom. The van der Waals surface area contributed by atoms with E-state index in [1.165, 1.54) is 0 Å². The van der Waals surface area contributed by atoms with E-state index >= 15 is 0 Å². The van der Waals surface area contributed by atoms with Crippen molar-refractivity contribution in [3.63, 3.8) is 0 Å².